The summed E-state index contributed by atoms with van der Waals surface area (Å²) in [6.07, 6.45) is 1.76. The van der Waals surface area contributed by atoms with Crippen LogP contribution in [0.15, 0.2) is 67.3 Å². The molecule has 0 bridgehead atoms. The van der Waals surface area contributed by atoms with Crippen LogP contribution in [0.2, 0.25) is 0 Å². The van der Waals surface area contributed by atoms with E-state index < -0.39 is 0 Å². The molecule has 2 nitrogen and oxygen atoms in total. The van der Waals surface area contributed by atoms with Crippen LogP contribution in [-0.4, -0.2) is 12.5 Å². The Morgan fingerprint density at radius 3 is 2.23 bits per heavy atom. The number of carbonyl (C=O) groups is 1. The Balaban J connectivity index is 2.50. The van der Waals surface area contributed by atoms with E-state index in [1.807, 2.05) is 48.5 Å². The summed E-state index contributed by atoms with van der Waals surface area (Å²) in [6, 6.07) is 17.5. The zero-order valence-electron chi connectivity index (χ0n) is 13.5. The lowest BCUT2D eigenvalue weighted by molar-refractivity contribution is 0.0989. The van der Waals surface area contributed by atoms with Crippen molar-refractivity contribution < 1.29 is 4.79 Å². The summed E-state index contributed by atoms with van der Waals surface area (Å²) >= 11 is 0. The molecule has 2 aromatic carbocycles. The highest BCUT2D eigenvalue weighted by atomic mass is 16.2. The number of benzene rings is 2. The number of rotatable bonds is 4. The normalized spacial score (nSPS) is 11.0. The molecule has 0 fully saturated rings. The summed E-state index contributed by atoms with van der Waals surface area (Å²) < 4.78 is 0. The fourth-order valence-corrected chi connectivity index (χ4v) is 2.50. The van der Waals surface area contributed by atoms with Crippen molar-refractivity contribution in [2.45, 2.75) is 26.2 Å². The minimum absolute atomic E-state index is 0.00259. The molecule has 0 N–H and O–H groups in total. The number of hydrogen-bond donors (Lipinski definition) is 0. The van der Waals surface area contributed by atoms with Gasteiger partial charge < -0.3 is 4.90 Å². The molecule has 0 aliphatic carbocycles. The van der Waals surface area contributed by atoms with Gasteiger partial charge in [-0.25, -0.2) is 0 Å². The van der Waals surface area contributed by atoms with Crippen molar-refractivity contribution in [3.63, 3.8) is 0 Å². The number of para-hydroxylation sites is 1. The summed E-state index contributed by atoms with van der Waals surface area (Å²) in [4.78, 5) is 14.7. The van der Waals surface area contributed by atoms with E-state index in [9.17, 15) is 4.79 Å². The van der Waals surface area contributed by atoms with Crippen molar-refractivity contribution in [3.05, 3.63) is 78.4 Å². The predicted octanol–water partition coefficient (Wildman–Crippen LogP) is 4.82. The van der Waals surface area contributed by atoms with Gasteiger partial charge in [-0.2, -0.15) is 0 Å². The first-order valence-electron chi connectivity index (χ1n) is 7.52. The minimum Gasteiger partial charge on any atom is -0.304 e. The summed E-state index contributed by atoms with van der Waals surface area (Å²) in [5, 5.41) is 0. The lowest BCUT2D eigenvalue weighted by atomic mass is 9.85. The second-order valence-corrected chi connectivity index (χ2v) is 6.34. The van der Waals surface area contributed by atoms with Gasteiger partial charge in [0.05, 0.1) is 0 Å². The molecule has 0 atom stereocenters. The van der Waals surface area contributed by atoms with Crippen LogP contribution in [0.1, 0.15) is 36.7 Å². The van der Waals surface area contributed by atoms with Gasteiger partial charge in [0.25, 0.3) is 5.91 Å². The molecule has 1 amide bonds. The fourth-order valence-electron chi connectivity index (χ4n) is 2.50. The third kappa shape index (κ3) is 3.45. The maximum absolute atomic E-state index is 12.9. The molecule has 0 saturated heterocycles. The number of amides is 1. The zero-order valence-corrected chi connectivity index (χ0v) is 13.5. The molecule has 0 aliphatic heterocycles. The van der Waals surface area contributed by atoms with Crippen LogP contribution in [0.3, 0.4) is 0 Å². The van der Waals surface area contributed by atoms with Crippen molar-refractivity contribution >= 4 is 11.6 Å². The lowest BCUT2D eigenvalue weighted by Crippen LogP contribution is -2.33. The van der Waals surface area contributed by atoms with Crippen LogP contribution < -0.4 is 4.90 Å². The van der Waals surface area contributed by atoms with E-state index >= 15 is 0 Å². The first-order valence-corrected chi connectivity index (χ1v) is 7.52. The van der Waals surface area contributed by atoms with Gasteiger partial charge in [0.15, 0.2) is 0 Å². The molecule has 2 heteroatoms. The molecule has 0 radical (unpaired) electrons. The van der Waals surface area contributed by atoms with E-state index in [4.69, 9.17) is 0 Å². The molecule has 0 heterocycles. The summed E-state index contributed by atoms with van der Waals surface area (Å²) in [7, 11) is 0. The average Bonchev–Trinajstić information content (AvgIpc) is 2.52. The maximum Gasteiger partial charge on any atom is 0.258 e. The van der Waals surface area contributed by atoms with E-state index in [1.165, 1.54) is 0 Å². The summed E-state index contributed by atoms with van der Waals surface area (Å²) in [5.74, 6) is -0.00259. The molecular formula is C20H23NO. The molecule has 22 heavy (non-hydrogen) atoms. The largest absolute Gasteiger partial charge is 0.304 e. The highest BCUT2D eigenvalue weighted by Gasteiger charge is 2.24. The Kier molecular flexibility index (Phi) is 4.81. The molecule has 114 valence electrons. The topological polar surface area (TPSA) is 20.3 Å². The van der Waals surface area contributed by atoms with Gasteiger partial charge in [0.2, 0.25) is 0 Å². The second kappa shape index (κ2) is 6.61. The third-order valence-electron chi connectivity index (χ3n) is 3.58. The molecule has 2 aromatic rings. The van der Waals surface area contributed by atoms with Gasteiger partial charge >= 0.3 is 0 Å². The quantitative estimate of drug-likeness (QED) is 0.740. The zero-order chi connectivity index (χ0) is 16.2. The molecule has 0 spiro atoms. The van der Waals surface area contributed by atoms with Crippen molar-refractivity contribution in [1.82, 2.24) is 0 Å². The van der Waals surface area contributed by atoms with Crippen molar-refractivity contribution in [2.24, 2.45) is 0 Å². The monoisotopic (exact) mass is 293 g/mol. The first-order chi connectivity index (χ1) is 10.4. The van der Waals surface area contributed by atoms with Crippen LogP contribution in [0.25, 0.3) is 0 Å². The van der Waals surface area contributed by atoms with Crippen LogP contribution in [0, 0.1) is 0 Å². The molecular weight excluding hydrogens is 270 g/mol. The van der Waals surface area contributed by atoms with E-state index in [0.717, 1.165) is 11.3 Å². The number of anilines is 1. The van der Waals surface area contributed by atoms with Crippen molar-refractivity contribution in [2.75, 3.05) is 11.4 Å². The molecule has 0 aromatic heterocycles. The Bertz CT molecular complexity index is 653. The summed E-state index contributed by atoms with van der Waals surface area (Å²) in [6.45, 7) is 10.8. The van der Waals surface area contributed by atoms with Crippen molar-refractivity contribution in [3.8, 4) is 0 Å². The third-order valence-corrected chi connectivity index (χ3v) is 3.58. The number of hydrogen-bond acceptors (Lipinski definition) is 1. The smallest absolute Gasteiger partial charge is 0.258 e. The van der Waals surface area contributed by atoms with Gasteiger partial charge in [-0.3, -0.25) is 4.79 Å². The maximum atomic E-state index is 12.9. The minimum atomic E-state index is -0.0347. The van der Waals surface area contributed by atoms with Gasteiger partial charge in [0.1, 0.15) is 0 Å². The Morgan fingerprint density at radius 2 is 1.64 bits per heavy atom. The Labute approximate surface area is 133 Å². The average molecular weight is 293 g/mol. The van der Waals surface area contributed by atoms with E-state index in [-0.39, 0.29) is 11.3 Å². The van der Waals surface area contributed by atoms with E-state index in [1.54, 1.807) is 11.0 Å². The van der Waals surface area contributed by atoms with Gasteiger partial charge in [0, 0.05) is 17.8 Å². The molecule has 0 saturated carbocycles. The lowest BCUT2D eigenvalue weighted by Gasteiger charge is -2.29. The molecule has 0 unspecified atom stereocenters. The van der Waals surface area contributed by atoms with Crippen molar-refractivity contribution in [1.29, 1.82) is 0 Å². The molecule has 2 rings (SSSR count). The number of nitrogens with zero attached hydrogens (tertiary/aromatic N) is 1. The van der Waals surface area contributed by atoms with Crippen LogP contribution in [0.4, 0.5) is 5.69 Å². The second-order valence-electron chi connectivity index (χ2n) is 6.34. The SMILES string of the molecule is C=CCN(C(=O)c1ccccc1)c1ccccc1C(C)(C)C. The number of carbonyl (C=O) groups excluding carboxylic acids is 1. The van der Waals surface area contributed by atoms with E-state index in [0.29, 0.717) is 12.1 Å². The van der Waals surface area contributed by atoms with E-state index in [2.05, 4.69) is 33.4 Å². The predicted molar refractivity (Wildman–Crippen MR) is 93.5 cm³/mol. The van der Waals surface area contributed by atoms with Crippen LogP contribution in [-0.2, 0) is 5.41 Å². The van der Waals surface area contributed by atoms with Crippen LogP contribution in [0.5, 0.6) is 0 Å². The van der Waals surface area contributed by atoms with Gasteiger partial charge in [-0.15, -0.1) is 6.58 Å². The molecule has 0 aliphatic rings. The van der Waals surface area contributed by atoms with Gasteiger partial charge in [-0.1, -0.05) is 63.2 Å². The van der Waals surface area contributed by atoms with Gasteiger partial charge in [-0.05, 0) is 29.2 Å². The first kappa shape index (κ1) is 16.0. The standard InChI is InChI=1S/C20H23NO/c1-5-15-21(19(22)16-11-7-6-8-12-16)18-14-10-9-13-17(18)20(2,3)4/h5-14H,1,15H2,2-4H3. The van der Waals surface area contributed by atoms with Crippen LogP contribution >= 0.6 is 0 Å². The highest BCUT2D eigenvalue weighted by molar-refractivity contribution is 6.06. The summed E-state index contributed by atoms with van der Waals surface area (Å²) in [5.41, 5.74) is 2.76. The fraction of sp³-hybridized carbons (Fsp3) is 0.250. The highest BCUT2D eigenvalue weighted by Crippen LogP contribution is 2.32. The Hall–Kier alpha value is -2.35. The Morgan fingerprint density at radius 1 is 1.05 bits per heavy atom.